The summed E-state index contributed by atoms with van der Waals surface area (Å²) in [6.07, 6.45) is 4.11. The number of aromatic nitrogens is 1. The molecule has 0 aliphatic carbocycles. The Bertz CT molecular complexity index is 416. The number of pyridine rings is 1. The van der Waals surface area contributed by atoms with Crippen LogP contribution in [0.4, 0.5) is 5.82 Å². The molecule has 0 spiro atoms. The molecule has 1 aromatic rings. The van der Waals surface area contributed by atoms with Crippen molar-refractivity contribution in [3.63, 3.8) is 0 Å². The van der Waals surface area contributed by atoms with Crippen molar-refractivity contribution < 1.29 is 0 Å². The van der Waals surface area contributed by atoms with Crippen molar-refractivity contribution in [2.75, 3.05) is 31.1 Å². The van der Waals surface area contributed by atoms with Crippen LogP contribution in [0.5, 0.6) is 0 Å². The summed E-state index contributed by atoms with van der Waals surface area (Å²) >= 11 is 0. The molecular weight excluding hydrogens is 224 g/mol. The van der Waals surface area contributed by atoms with Crippen molar-refractivity contribution in [2.45, 2.75) is 19.8 Å². The molecule has 0 aromatic carbocycles. The van der Waals surface area contributed by atoms with E-state index in [1.165, 1.54) is 12.8 Å². The molecule has 4 nitrogen and oxygen atoms in total. The van der Waals surface area contributed by atoms with Gasteiger partial charge in [-0.2, -0.15) is 5.26 Å². The molecule has 1 aromatic heterocycles. The molecule has 0 bridgehead atoms. The van der Waals surface area contributed by atoms with Gasteiger partial charge in [0, 0.05) is 19.3 Å². The summed E-state index contributed by atoms with van der Waals surface area (Å²) in [6, 6.07) is 5.88. The predicted molar refractivity (Wildman–Crippen MR) is 72.4 cm³/mol. The van der Waals surface area contributed by atoms with Gasteiger partial charge in [-0.1, -0.05) is 6.92 Å². The first-order chi connectivity index (χ1) is 8.85. The SMILES string of the molecule is CCNCC1CCN(c2ncccc2C#N)CC1. The topological polar surface area (TPSA) is 52.0 Å². The predicted octanol–water partition coefficient (Wildman–Crippen LogP) is 1.78. The average Bonchev–Trinajstić information content (AvgIpc) is 2.45. The Balaban J connectivity index is 1.95. The Labute approximate surface area is 109 Å². The fourth-order valence-corrected chi connectivity index (χ4v) is 2.43. The van der Waals surface area contributed by atoms with E-state index in [1.807, 2.05) is 12.1 Å². The Morgan fingerprint density at radius 3 is 2.94 bits per heavy atom. The second-order valence-corrected chi connectivity index (χ2v) is 4.72. The Kier molecular flexibility index (Phi) is 4.54. The van der Waals surface area contributed by atoms with Crippen LogP contribution < -0.4 is 10.2 Å². The number of rotatable bonds is 4. The van der Waals surface area contributed by atoms with Gasteiger partial charge in [-0.15, -0.1) is 0 Å². The summed E-state index contributed by atoms with van der Waals surface area (Å²) in [6.45, 7) is 6.29. The van der Waals surface area contributed by atoms with E-state index in [0.29, 0.717) is 5.56 Å². The van der Waals surface area contributed by atoms with Crippen molar-refractivity contribution in [3.05, 3.63) is 23.9 Å². The van der Waals surface area contributed by atoms with E-state index in [0.717, 1.165) is 37.9 Å². The number of piperidine rings is 1. The van der Waals surface area contributed by atoms with Gasteiger partial charge in [0.1, 0.15) is 11.9 Å². The van der Waals surface area contributed by atoms with Gasteiger partial charge in [0.2, 0.25) is 0 Å². The minimum absolute atomic E-state index is 0.683. The number of nitriles is 1. The fraction of sp³-hybridized carbons (Fsp3) is 0.571. The molecule has 1 aliphatic rings. The first kappa shape index (κ1) is 12.8. The maximum Gasteiger partial charge on any atom is 0.146 e. The third kappa shape index (κ3) is 2.99. The maximum absolute atomic E-state index is 9.09. The second-order valence-electron chi connectivity index (χ2n) is 4.72. The zero-order valence-corrected chi connectivity index (χ0v) is 10.9. The first-order valence-corrected chi connectivity index (χ1v) is 6.66. The summed E-state index contributed by atoms with van der Waals surface area (Å²) in [4.78, 5) is 6.59. The van der Waals surface area contributed by atoms with Gasteiger partial charge in [-0.25, -0.2) is 4.98 Å². The highest BCUT2D eigenvalue weighted by molar-refractivity contribution is 5.53. The van der Waals surface area contributed by atoms with Gasteiger partial charge >= 0.3 is 0 Å². The van der Waals surface area contributed by atoms with Crippen LogP contribution in [0.2, 0.25) is 0 Å². The number of hydrogen-bond donors (Lipinski definition) is 1. The largest absolute Gasteiger partial charge is 0.356 e. The summed E-state index contributed by atoms with van der Waals surface area (Å²) in [5.74, 6) is 1.61. The van der Waals surface area contributed by atoms with Crippen LogP contribution >= 0.6 is 0 Å². The minimum atomic E-state index is 0.683. The molecule has 0 amide bonds. The molecule has 0 unspecified atom stereocenters. The number of nitrogens with zero attached hydrogens (tertiary/aromatic N) is 3. The molecule has 4 heteroatoms. The number of anilines is 1. The molecule has 2 heterocycles. The van der Waals surface area contributed by atoms with E-state index in [2.05, 4.69) is 28.2 Å². The van der Waals surface area contributed by atoms with Crippen LogP contribution in [0.1, 0.15) is 25.3 Å². The molecule has 96 valence electrons. The van der Waals surface area contributed by atoms with Gasteiger partial charge in [0.25, 0.3) is 0 Å². The Morgan fingerprint density at radius 2 is 2.28 bits per heavy atom. The van der Waals surface area contributed by atoms with Crippen LogP contribution in [0.3, 0.4) is 0 Å². The van der Waals surface area contributed by atoms with Gasteiger partial charge < -0.3 is 10.2 Å². The third-order valence-corrected chi connectivity index (χ3v) is 3.50. The van der Waals surface area contributed by atoms with Gasteiger partial charge in [0.15, 0.2) is 0 Å². The molecule has 2 rings (SSSR count). The molecule has 1 aliphatic heterocycles. The molecule has 0 saturated carbocycles. The lowest BCUT2D eigenvalue weighted by atomic mass is 9.96. The van der Waals surface area contributed by atoms with E-state index in [9.17, 15) is 0 Å². The Morgan fingerprint density at radius 1 is 1.50 bits per heavy atom. The molecule has 1 N–H and O–H groups in total. The quantitative estimate of drug-likeness (QED) is 0.877. The van der Waals surface area contributed by atoms with Crippen LogP contribution in [0.15, 0.2) is 18.3 Å². The third-order valence-electron chi connectivity index (χ3n) is 3.50. The summed E-state index contributed by atoms with van der Waals surface area (Å²) < 4.78 is 0. The van der Waals surface area contributed by atoms with Crippen LogP contribution in [-0.4, -0.2) is 31.2 Å². The summed E-state index contributed by atoms with van der Waals surface area (Å²) in [5, 5.41) is 12.5. The normalized spacial score (nSPS) is 16.6. The second kappa shape index (κ2) is 6.36. The number of nitrogens with one attached hydrogen (secondary N) is 1. The van der Waals surface area contributed by atoms with E-state index >= 15 is 0 Å². The van der Waals surface area contributed by atoms with Gasteiger partial charge in [0.05, 0.1) is 5.56 Å². The molecule has 18 heavy (non-hydrogen) atoms. The van der Waals surface area contributed by atoms with Crippen LogP contribution in [0, 0.1) is 17.2 Å². The summed E-state index contributed by atoms with van der Waals surface area (Å²) in [7, 11) is 0. The van der Waals surface area contributed by atoms with Crippen molar-refractivity contribution >= 4 is 5.82 Å². The van der Waals surface area contributed by atoms with Crippen molar-refractivity contribution in [3.8, 4) is 6.07 Å². The summed E-state index contributed by atoms with van der Waals surface area (Å²) in [5.41, 5.74) is 0.683. The van der Waals surface area contributed by atoms with Gasteiger partial charge in [-0.3, -0.25) is 0 Å². The number of hydrogen-bond acceptors (Lipinski definition) is 4. The van der Waals surface area contributed by atoms with Crippen molar-refractivity contribution in [2.24, 2.45) is 5.92 Å². The van der Waals surface area contributed by atoms with Crippen LogP contribution in [0.25, 0.3) is 0 Å². The highest BCUT2D eigenvalue weighted by atomic mass is 15.2. The van der Waals surface area contributed by atoms with E-state index < -0.39 is 0 Å². The van der Waals surface area contributed by atoms with E-state index in [1.54, 1.807) is 6.20 Å². The molecule has 0 atom stereocenters. The highest BCUT2D eigenvalue weighted by Gasteiger charge is 2.21. The maximum atomic E-state index is 9.09. The molecule has 1 fully saturated rings. The lowest BCUT2D eigenvalue weighted by Crippen LogP contribution is -2.38. The van der Waals surface area contributed by atoms with Crippen molar-refractivity contribution in [1.29, 1.82) is 5.26 Å². The van der Waals surface area contributed by atoms with Crippen molar-refractivity contribution in [1.82, 2.24) is 10.3 Å². The molecule has 1 saturated heterocycles. The standard InChI is InChI=1S/C14H20N4/c1-2-16-11-12-5-8-18(9-6-12)14-13(10-15)4-3-7-17-14/h3-4,7,12,16H,2,5-6,8-9,11H2,1H3. The smallest absolute Gasteiger partial charge is 0.146 e. The lowest BCUT2D eigenvalue weighted by molar-refractivity contribution is 0.385. The van der Waals surface area contributed by atoms with Crippen LogP contribution in [-0.2, 0) is 0 Å². The highest BCUT2D eigenvalue weighted by Crippen LogP contribution is 2.23. The Hall–Kier alpha value is -1.60. The van der Waals surface area contributed by atoms with E-state index in [4.69, 9.17) is 5.26 Å². The monoisotopic (exact) mass is 244 g/mol. The minimum Gasteiger partial charge on any atom is -0.356 e. The lowest BCUT2D eigenvalue weighted by Gasteiger charge is -2.33. The molecule has 0 radical (unpaired) electrons. The average molecular weight is 244 g/mol. The first-order valence-electron chi connectivity index (χ1n) is 6.66. The van der Waals surface area contributed by atoms with Gasteiger partial charge in [-0.05, 0) is 44.0 Å². The zero-order valence-electron chi connectivity index (χ0n) is 10.9. The van der Waals surface area contributed by atoms with E-state index in [-0.39, 0.29) is 0 Å². The zero-order chi connectivity index (χ0) is 12.8. The molecular formula is C14H20N4. The fourth-order valence-electron chi connectivity index (χ4n) is 2.43.